The maximum Gasteiger partial charge on any atom is 0.407 e. The highest BCUT2D eigenvalue weighted by molar-refractivity contribution is 5.87. The number of hydrogen-bond donors (Lipinski definition) is 3. The summed E-state index contributed by atoms with van der Waals surface area (Å²) >= 11 is 0. The fraction of sp³-hybridized carbons (Fsp3) is 0.556. The van der Waals surface area contributed by atoms with Crippen molar-refractivity contribution in [3.63, 3.8) is 0 Å². The van der Waals surface area contributed by atoms with Gasteiger partial charge in [0.2, 0.25) is 11.8 Å². The molecule has 0 spiro atoms. The molecule has 2 aliphatic carbocycles. The molecule has 3 aliphatic heterocycles. The van der Waals surface area contributed by atoms with Gasteiger partial charge in [0.15, 0.2) is 0 Å². The Morgan fingerprint density at radius 2 is 1.71 bits per heavy atom. The zero-order chi connectivity index (χ0) is 41.5. The molecule has 8 rings (SSSR count). The van der Waals surface area contributed by atoms with Crippen LogP contribution in [0.25, 0.3) is 22.4 Å². The third-order valence-electron chi connectivity index (χ3n) is 13.3. The first-order valence-electron chi connectivity index (χ1n) is 21.2. The van der Waals surface area contributed by atoms with Gasteiger partial charge in [-0.1, -0.05) is 52.0 Å². The second-order valence-corrected chi connectivity index (χ2v) is 17.6. The highest BCUT2D eigenvalue weighted by Crippen LogP contribution is 2.51. The lowest BCUT2D eigenvalue weighted by Gasteiger charge is -2.37. The number of carbonyl (C=O) groups is 4. The molecule has 1 aromatic carbocycles. The lowest BCUT2D eigenvalue weighted by atomic mass is 9.82. The van der Waals surface area contributed by atoms with Gasteiger partial charge in [0.25, 0.3) is 0 Å². The van der Waals surface area contributed by atoms with Gasteiger partial charge in [0.1, 0.15) is 17.7 Å². The number of imidazole rings is 2. The number of alkyl carbamates (subject to hydrolysis) is 1. The fourth-order valence-corrected chi connectivity index (χ4v) is 10.1. The molecule has 0 radical (unpaired) electrons. The number of H-pyrrole nitrogens is 2. The minimum Gasteiger partial charge on any atom is -0.469 e. The van der Waals surface area contributed by atoms with Crippen LogP contribution in [0.2, 0.25) is 0 Å². The largest absolute Gasteiger partial charge is 0.469 e. The maximum atomic E-state index is 14.1. The van der Waals surface area contributed by atoms with E-state index in [1.807, 2.05) is 49.9 Å². The molecule has 3 fully saturated rings. The lowest BCUT2D eigenvalue weighted by molar-refractivity contribution is -0.150. The van der Waals surface area contributed by atoms with E-state index < -0.39 is 18.1 Å². The summed E-state index contributed by atoms with van der Waals surface area (Å²) in [6.07, 6.45) is 13.0. The predicted octanol–water partition coefficient (Wildman–Crippen LogP) is 6.75. The van der Waals surface area contributed by atoms with Gasteiger partial charge >= 0.3 is 12.1 Å². The molecule has 59 heavy (non-hydrogen) atoms. The number of likely N-dealkylation sites (tertiary alicyclic amines) is 2. The number of ether oxygens (including phenoxy) is 3. The Morgan fingerprint density at radius 3 is 2.47 bits per heavy atom. The molecule has 2 bridgehead atoms. The Balaban J connectivity index is 0.991. The van der Waals surface area contributed by atoms with E-state index in [2.05, 4.69) is 45.6 Å². The van der Waals surface area contributed by atoms with Crippen molar-refractivity contribution in [2.45, 2.75) is 103 Å². The van der Waals surface area contributed by atoms with Crippen LogP contribution in [0.3, 0.4) is 0 Å². The molecule has 314 valence electrons. The number of carbonyl (C=O) groups excluding carboxylic acids is 4. The van der Waals surface area contributed by atoms with Crippen molar-refractivity contribution in [3.8, 4) is 11.3 Å². The van der Waals surface area contributed by atoms with Crippen LogP contribution in [0.15, 0.2) is 42.7 Å². The van der Waals surface area contributed by atoms with Gasteiger partial charge in [-0.3, -0.25) is 14.4 Å². The van der Waals surface area contributed by atoms with E-state index in [9.17, 15) is 19.2 Å². The van der Waals surface area contributed by atoms with E-state index in [0.717, 1.165) is 78.3 Å². The number of benzene rings is 1. The van der Waals surface area contributed by atoms with Gasteiger partial charge in [-0.05, 0) is 90.2 Å². The molecule has 2 saturated heterocycles. The quantitative estimate of drug-likeness (QED) is 0.177. The van der Waals surface area contributed by atoms with Crippen LogP contribution >= 0.6 is 0 Å². The van der Waals surface area contributed by atoms with Crippen LogP contribution in [0.4, 0.5) is 4.79 Å². The molecule has 3 amide bonds. The zero-order valence-electron chi connectivity index (χ0n) is 35.0. The van der Waals surface area contributed by atoms with Gasteiger partial charge in [0, 0.05) is 18.5 Å². The summed E-state index contributed by atoms with van der Waals surface area (Å²) in [4.78, 5) is 72.7. The first-order chi connectivity index (χ1) is 28.4. The van der Waals surface area contributed by atoms with Gasteiger partial charge < -0.3 is 39.3 Å². The highest BCUT2D eigenvalue weighted by atomic mass is 16.5. The van der Waals surface area contributed by atoms with Crippen LogP contribution in [0.1, 0.15) is 113 Å². The molecule has 3 N–H and O–H groups in total. The summed E-state index contributed by atoms with van der Waals surface area (Å²) in [5.41, 5.74) is 7.49. The number of aromatic nitrogens is 4. The molecule has 7 unspecified atom stereocenters. The van der Waals surface area contributed by atoms with Crippen molar-refractivity contribution in [2.75, 3.05) is 27.4 Å². The van der Waals surface area contributed by atoms with E-state index in [-0.39, 0.29) is 60.1 Å². The standard InChI is InChI=1S/C45H57N7O7/c1-24(2)34(19-38(53)57-5)43(54)52-31-12-9-28(18-31)40(52)42-47-21-36(49-42)27-11-14-33-30(17-27)23-59-22-29-16-26(10-13-32(29)33)35-20-46-41(48-35)37-8-7-15-51(37)44(55)39(25(3)4)50-45(56)58-6/h10-11,13-14,17,20-21,24-25,28-29,31,34,37,39-40H,7-9,12,15-16,18-19,22-23H2,1-6H3,(H,46,48)(H,47,49)(H,50,56). The topological polar surface area (TPSA) is 172 Å². The number of methoxy groups -OCH3 is 2. The molecule has 7 atom stereocenters. The second-order valence-electron chi connectivity index (χ2n) is 17.6. The minimum absolute atomic E-state index is 0.00380. The van der Waals surface area contributed by atoms with Crippen LogP contribution in [-0.4, -0.2) is 93.1 Å². The predicted molar refractivity (Wildman–Crippen MR) is 220 cm³/mol. The molecular formula is C45H57N7O7. The van der Waals surface area contributed by atoms with Crippen LogP contribution in [0, 0.1) is 29.6 Å². The molecule has 2 aromatic heterocycles. The van der Waals surface area contributed by atoms with Crippen molar-refractivity contribution < 1.29 is 33.4 Å². The first-order valence-corrected chi connectivity index (χ1v) is 21.2. The smallest absolute Gasteiger partial charge is 0.407 e. The van der Waals surface area contributed by atoms with Gasteiger partial charge in [-0.2, -0.15) is 0 Å². The average molecular weight is 808 g/mol. The average Bonchev–Trinajstić information content (AvgIpc) is 4.09. The second kappa shape index (κ2) is 16.8. The summed E-state index contributed by atoms with van der Waals surface area (Å²) in [7, 11) is 2.67. The molecular weight excluding hydrogens is 751 g/mol. The number of rotatable bonds is 11. The van der Waals surface area contributed by atoms with Crippen LogP contribution in [0.5, 0.6) is 0 Å². The third-order valence-corrected chi connectivity index (χ3v) is 13.3. The number of amides is 3. The summed E-state index contributed by atoms with van der Waals surface area (Å²) in [5, 5.41) is 2.72. The van der Waals surface area contributed by atoms with Gasteiger partial charge in [-0.25, -0.2) is 14.8 Å². The summed E-state index contributed by atoms with van der Waals surface area (Å²) in [6, 6.07) is 5.62. The van der Waals surface area contributed by atoms with E-state index in [1.165, 1.54) is 25.4 Å². The lowest BCUT2D eigenvalue weighted by Crippen LogP contribution is -2.51. The number of allylic oxidation sites excluding steroid dienone is 3. The zero-order valence-corrected chi connectivity index (χ0v) is 35.0. The fourth-order valence-electron chi connectivity index (χ4n) is 10.1. The summed E-state index contributed by atoms with van der Waals surface area (Å²) in [5.74, 6) is 1.01. The Kier molecular flexibility index (Phi) is 11.5. The maximum absolute atomic E-state index is 14.1. The van der Waals surface area contributed by atoms with E-state index in [1.54, 1.807) is 0 Å². The number of piperidine rings is 1. The Bertz CT molecular complexity index is 2150. The monoisotopic (exact) mass is 807 g/mol. The normalized spacial score (nSPS) is 24.6. The first kappa shape index (κ1) is 40.5. The van der Waals surface area contributed by atoms with Crippen molar-refractivity contribution in [1.29, 1.82) is 0 Å². The number of nitrogens with zero attached hydrogens (tertiary/aromatic N) is 4. The minimum atomic E-state index is -0.688. The van der Waals surface area contributed by atoms with Gasteiger partial charge in [0.05, 0.1) is 75.6 Å². The molecule has 3 aromatic rings. The third kappa shape index (κ3) is 7.83. The van der Waals surface area contributed by atoms with E-state index >= 15 is 0 Å². The SMILES string of the molecule is COC(=O)CC(C(=O)N1C2CCC(C2)C1c1ncc(-c2ccc3c(c2)COCC2CC(c4cnc(C5CCCN5C(=O)C(NC(=O)OC)C(C)C)[nH]4)=CC=C32)[nH]1)C(C)C. The molecule has 5 heterocycles. The molecule has 5 aliphatic rings. The van der Waals surface area contributed by atoms with Gasteiger partial charge in [-0.15, -0.1) is 0 Å². The number of fused-ring (bicyclic) bond motifs is 5. The molecule has 14 heteroatoms. The van der Waals surface area contributed by atoms with E-state index in [4.69, 9.17) is 24.2 Å². The number of aromatic amines is 2. The number of esters is 1. The number of nitrogens with one attached hydrogen (secondary N) is 3. The van der Waals surface area contributed by atoms with Crippen LogP contribution in [-0.2, 0) is 35.2 Å². The van der Waals surface area contributed by atoms with Crippen molar-refractivity contribution >= 4 is 35.0 Å². The summed E-state index contributed by atoms with van der Waals surface area (Å²) < 4.78 is 16.1. The van der Waals surface area contributed by atoms with Crippen molar-refractivity contribution in [1.82, 2.24) is 35.1 Å². The Labute approximate surface area is 345 Å². The van der Waals surface area contributed by atoms with Crippen molar-refractivity contribution in [2.24, 2.45) is 29.6 Å². The Morgan fingerprint density at radius 1 is 0.932 bits per heavy atom. The number of hydrogen-bond acceptors (Lipinski definition) is 9. The molecule has 14 nitrogen and oxygen atoms in total. The molecule has 1 saturated carbocycles. The van der Waals surface area contributed by atoms with Crippen LogP contribution < -0.4 is 5.32 Å². The Hall–Kier alpha value is -5.24. The van der Waals surface area contributed by atoms with Crippen molar-refractivity contribution in [3.05, 3.63) is 71.2 Å². The summed E-state index contributed by atoms with van der Waals surface area (Å²) in [6.45, 7) is 9.47. The highest BCUT2D eigenvalue weighted by Gasteiger charge is 2.51. The van der Waals surface area contributed by atoms with E-state index in [0.29, 0.717) is 25.7 Å².